The predicted octanol–water partition coefficient (Wildman–Crippen LogP) is 4.82. The summed E-state index contributed by atoms with van der Waals surface area (Å²) < 4.78 is 5.96. The summed E-state index contributed by atoms with van der Waals surface area (Å²) in [5.74, 6) is 1.47. The van der Waals surface area contributed by atoms with Crippen molar-refractivity contribution in [3.05, 3.63) is 35.6 Å². The first-order valence-corrected chi connectivity index (χ1v) is 7.96. The molecule has 0 spiro atoms. The van der Waals surface area contributed by atoms with Crippen LogP contribution in [0.2, 0.25) is 0 Å². The maximum Gasteiger partial charge on any atom is 0.130 e. The van der Waals surface area contributed by atoms with Crippen molar-refractivity contribution in [3.63, 3.8) is 0 Å². The van der Waals surface area contributed by atoms with E-state index in [4.69, 9.17) is 4.74 Å². The molecular formula is C17H21N3O2. The van der Waals surface area contributed by atoms with Crippen LogP contribution in [0.15, 0.2) is 35.9 Å². The van der Waals surface area contributed by atoms with Gasteiger partial charge >= 0.3 is 0 Å². The minimum atomic E-state index is 0.374. The minimum Gasteiger partial charge on any atom is -0.493 e. The molecule has 22 heavy (non-hydrogen) atoms. The van der Waals surface area contributed by atoms with Gasteiger partial charge in [0.1, 0.15) is 11.4 Å². The molecule has 3 rings (SSSR count). The number of hydrogen-bond acceptors (Lipinski definition) is 4. The molecule has 5 nitrogen and oxygen atoms in total. The number of benzene rings is 1. The molecule has 0 saturated heterocycles. The summed E-state index contributed by atoms with van der Waals surface area (Å²) in [5.41, 5.74) is 1.82. The Bertz CT molecular complexity index is 604. The van der Waals surface area contributed by atoms with E-state index < -0.39 is 0 Å². The number of aromatic nitrogens is 2. The summed E-state index contributed by atoms with van der Waals surface area (Å²) in [6.07, 6.45) is 11.0. The molecule has 0 radical (unpaired) electrons. The number of rotatable bonds is 6. The van der Waals surface area contributed by atoms with Gasteiger partial charge < -0.3 is 9.72 Å². The second-order valence-electron chi connectivity index (χ2n) is 5.85. The Hall–Kier alpha value is -2.17. The van der Waals surface area contributed by atoms with Gasteiger partial charge in [-0.25, -0.2) is 4.98 Å². The molecule has 1 aromatic carbocycles. The van der Waals surface area contributed by atoms with Gasteiger partial charge in [0.15, 0.2) is 0 Å². The van der Waals surface area contributed by atoms with Crippen LogP contribution in [0, 0.1) is 10.8 Å². The molecule has 1 N–H and O–H groups in total. The average Bonchev–Trinajstić information content (AvgIpc) is 3.09. The predicted molar refractivity (Wildman–Crippen MR) is 86.2 cm³/mol. The summed E-state index contributed by atoms with van der Waals surface area (Å²) in [5, 5.41) is 3.11. The highest BCUT2D eigenvalue weighted by Crippen LogP contribution is 2.37. The van der Waals surface area contributed by atoms with Crippen LogP contribution in [0.5, 0.6) is 5.75 Å². The van der Waals surface area contributed by atoms with Crippen molar-refractivity contribution in [1.82, 2.24) is 9.97 Å². The van der Waals surface area contributed by atoms with Crippen LogP contribution in [0.3, 0.4) is 0 Å². The number of nitrogens with one attached hydrogen (secondary N) is 1. The van der Waals surface area contributed by atoms with E-state index in [0.29, 0.717) is 23.6 Å². The van der Waals surface area contributed by atoms with Crippen molar-refractivity contribution in [3.8, 4) is 17.0 Å². The van der Waals surface area contributed by atoms with Gasteiger partial charge in [0.2, 0.25) is 0 Å². The van der Waals surface area contributed by atoms with Gasteiger partial charge in [-0.3, -0.25) is 0 Å². The third-order valence-electron chi connectivity index (χ3n) is 4.38. The zero-order valence-electron chi connectivity index (χ0n) is 12.6. The summed E-state index contributed by atoms with van der Waals surface area (Å²) in [6, 6.07) is 5.37. The van der Waals surface area contributed by atoms with Crippen LogP contribution in [-0.4, -0.2) is 16.6 Å². The molecule has 5 heteroatoms. The molecule has 1 heterocycles. The SMILES string of the molecule is O=Nc1cccc(OCCC2CCCCC2)c1-c1cnc[nH]1. The van der Waals surface area contributed by atoms with Crippen molar-refractivity contribution in [2.24, 2.45) is 11.1 Å². The van der Waals surface area contributed by atoms with Gasteiger partial charge in [-0.05, 0) is 29.6 Å². The maximum atomic E-state index is 11.1. The molecule has 0 aliphatic heterocycles. The number of nitroso groups, excluding NO2 is 1. The van der Waals surface area contributed by atoms with Crippen molar-refractivity contribution in [2.75, 3.05) is 6.61 Å². The molecule has 0 bridgehead atoms. The molecule has 0 unspecified atom stereocenters. The van der Waals surface area contributed by atoms with E-state index in [1.54, 1.807) is 24.7 Å². The number of imidazole rings is 1. The highest BCUT2D eigenvalue weighted by atomic mass is 16.5. The van der Waals surface area contributed by atoms with Gasteiger partial charge in [-0.15, -0.1) is 4.91 Å². The molecule has 0 amide bonds. The monoisotopic (exact) mass is 299 g/mol. The lowest BCUT2D eigenvalue weighted by atomic mass is 9.87. The van der Waals surface area contributed by atoms with Crippen molar-refractivity contribution >= 4 is 5.69 Å². The molecule has 1 aromatic heterocycles. The van der Waals surface area contributed by atoms with Gasteiger partial charge in [-0.2, -0.15) is 0 Å². The molecule has 0 atom stereocenters. The number of ether oxygens (including phenoxy) is 1. The normalized spacial score (nSPS) is 15.6. The Balaban J connectivity index is 1.71. The fraction of sp³-hybridized carbons (Fsp3) is 0.471. The standard InChI is InChI=1S/C17H21N3O2/c21-20-14-7-4-8-16(17(14)15-11-18-12-19-15)22-10-9-13-5-2-1-3-6-13/h4,7-8,11-13H,1-3,5-6,9-10H2,(H,18,19). The summed E-state index contributed by atoms with van der Waals surface area (Å²) >= 11 is 0. The van der Waals surface area contributed by atoms with Crippen molar-refractivity contribution in [1.29, 1.82) is 0 Å². The lowest BCUT2D eigenvalue weighted by molar-refractivity contribution is 0.247. The van der Waals surface area contributed by atoms with E-state index in [9.17, 15) is 4.91 Å². The molecule has 116 valence electrons. The van der Waals surface area contributed by atoms with Crippen LogP contribution in [-0.2, 0) is 0 Å². The topological polar surface area (TPSA) is 67.3 Å². The van der Waals surface area contributed by atoms with Gasteiger partial charge in [0.25, 0.3) is 0 Å². The zero-order chi connectivity index (χ0) is 15.2. The second-order valence-corrected chi connectivity index (χ2v) is 5.85. The quantitative estimate of drug-likeness (QED) is 0.777. The summed E-state index contributed by atoms with van der Waals surface area (Å²) in [6.45, 7) is 0.675. The first-order chi connectivity index (χ1) is 10.9. The third kappa shape index (κ3) is 3.35. The van der Waals surface area contributed by atoms with Crippen molar-refractivity contribution < 1.29 is 4.74 Å². The fourth-order valence-electron chi connectivity index (χ4n) is 3.19. The van der Waals surface area contributed by atoms with Gasteiger partial charge in [-0.1, -0.05) is 38.2 Å². The molecular weight excluding hydrogens is 278 g/mol. The van der Waals surface area contributed by atoms with Crippen LogP contribution < -0.4 is 4.74 Å². The zero-order valence-corrected chi connectivity index (χ0v) is 12.6. The van der Waals surface area contributed by atoms with E-state index in [-0.39, 0.29) is 0 Å². The van der Waals surface area contributed by atoms with E-state index in [2.05, 4.69) is 15.1 Å². The largest absolute Gasteiger partial charge is 0.493 e. The lowest BCUT2D eigenvalue weighted by Crippen LogP contribution is -2.11. The van der Waals surface area contributed by atoms with Crippen LogP contribution in [0.1, 0.15) is 38.5 Å². The fourth-order valence-corrected chi connectivity index (χ4v) is 3.19. The Morgan fingerprint density at radius 1 is 1.27 bits per heavy atom. The smallest absolute Gasteiger partial charge is 0.130 e. The Morgan fingerprint density at radius 3 is 2.86 bits per heavy atom. The third-order valence-corrected chi connectivity index (χ3v) is 4.38. The van der Waals surface area contributed by atoms with E-state index in [0.717, 1.165) is 18.0 Å². The summed E-state index contributed by atoms with van der Waals surface area (Å²) in [7, 11) is 0. The maximum absolute atomic E-state index is 11.1. The van der Waals surface area contributed by atoms with Crippen LogP contribution >= 0.6 is 0 Å². The van der Waals surface area contributed by atoms with Crippen LogP contribution in [0.25, 0.3) is 11.3 Å². The molecule has 1 fully saturated rings. The average molecular weight is 299 g/mol. The number of aromatic amines is 1. The van der Waals surface area contributed by atoms with Gasteiger partial charge in [0.05, 0.1) is 30.4 Å². The highest BCUT2D eigenvalue weighted by Gasteiger charge is 2.16. The van der Waals surface area contributed by atoms with Crippen molar-refractivity contribution in [2.45, 2.75) is 38.5 Å². The first-order valence-electron chi connectivity index (χ1n) is 7.96. The number of H-pyrrole nitrogens is 1. The Labute approximate surface area is 130 Å². The lowest BCUT2D eigenvalue weighted by Gasteiger charge is -2.21. The Morgan fingerprint density at radius 2 is 2.14 bits per heavy atom. The number of nitrogens with zero attached hydrogens (tertiary/aromatic N) is 2. The first kappa shape index (κ1) is 14.8. The molecule has 1 saturated carbocycles. The molecule has 1 aliphatic rings. The van der Waals surface area contributed by atoms with E-state index in [1.165, 1.54) is 32.1 Å². The van der Waals surface area contributed by atoms with E-state index >= 15 is 0 Å². The molecule has 1 aliphatic carbocycles. The summed E-state index contributed by atoms with van der Waals surface area (Å²) in [4.78, 5) is 18.1. The van der Waals surface area contributed by atoms with E-state index in [1.807, 2.05) is 6.07 Å². The van der Waals surface area contributed by atoms with Gasteiger partial charge in [0, 0.05) is 0 Å². The highest BCUT2D eigenvalue weighted by molar-refractivity contribution is 5.78. The second kappa shape index (κ2) is 7.20. The van der Waals surface area contributed by atoms with Crippen LogP contribution in [0.4, 0.5) is 5.69 Å². The Kier molecular flexibility index (Phi) is 4.83. The minimum absolute atomic E-state index is 0.374. The number of hydrogen-bond donors (Lipinski definition) is 1. The molecule has 2 aromatic rings.